The first-order valence-electron chi connectivity index (χ1n) is 12.1. The second-order valence-electron chi connectivity index (χ2n) is 10.8. The van der Waals surface area contributed by atoms with Gasteiger partial charge in [-0.25, -0.2) is 4.39 Å². The molecule has 0 spiro atoms. The third-order valence-electron chi connectivity index (χ3n) is 7.21. The van der Waals surface area contributed by atoms with Gasteiger partial charge in [-0.2, -0.15) is 0 Å². The monoisotopic (exact) mass is 507 g/mol. The van der Waals surface area contributed by atoms with Crippen LogP contribution in [0.2, 0.25) is 10.0 Å². The van der Waals surface area contributed by atoms with E-state index in [9.17, 15) is 4.79 Å². The van der Waals surface area contributed by atoms with E-state index in [1.807, 2.05) is 39.0 Å². The van der Waals surface area contributed by atoms with Gasteiger partial charge in [0.05, 0.1) is 0 Å². The molecule has 186 valence electrons. The lowest BCUT2D eigenvalue weighted by molar-refractivity contribution is -0.157. The zero-order chi connectivity index (χ0) is 25.3. The molecule has 0 bridgehead atoms. The minimum Gasteiger partial charge on any atom is -0.459 e. The molecule has 0 aliphatic carbocycles. The molecule has 4 unspecified atom stereocenters. The molecule has 0 saturated carbocycles. The largest absolute Gasteiger partial charge is 0.459 e. The maximum atomic E-state index is 15.4. The molecule has 1 N–H and O–H groups in total. The van der Waals surface area contributed by atoms with Gasteiger partial charge in [0.25, 0.3) is 0 Å². The predicted octanol–water partition coefficient (Wildman–Crippen LogP) is 7.90. The number of esters is 1. The summed E-state index contributed by atoms with van der Waals surface area (Å²) in [6, 6.07) is 11.5. The standard InChI is InChI=1S/C28H36Cl2FNO2/c1-7-28(6,8-2)16-22-24(20-13-12-19(30)15-21(20)31)23(17-10-9-11-18(29)14-17)25(32-22)26(33)34-27(3,4)5/h9-15,22-25,32H,7-8,16H2,1-6H3. The van der Waals surface area contributed by atoms with Crippen LogP contribution in [0, 0.1) is 11.2 Å². The van der Waals surface area contributed by atoms with Crippen LogP contribution in [0.5, 0.6) is 0 Å². The molecule has 1 heterocycles. The maximum absolute atomic E-state index is 15.4. The highest BCUT2D eigenvalue weighted by Crippen LogP contribution is 2.49. The number of ether oxygens (including phenoxy) is 1. The molecule has 4 atom stereocenters. The van der Waals surface area contributed by atoms with Crippen molar-refractivity contribution in [3.63, 3.8) is 0 Å². The highest BCUT2D eigenvalue weighted by Gasteiger charge is 2.50. The summed E-state index contributed by atoms with van der Waals surface area (Å²) in [5, 5.41) is 4.50. The van der Waals surface area contributed by atoms with Crippen LogP contribution >= 0.6 is 23.2 Å². The first-order valence-corrected chi connectivity index (χ1v) is 12.8. The lowest BCUT2D eigenvalue weighted by Gasteiger charge is -2.34. The second kappa shape index (κ2) is 10.6. The molecule has 1 aliphatic rings. The Kier molecular flexibility index (Phi) is 8.38. The lowest BCUT2D eigenvalue weighted by atomic mass is 9.71. The van der Waals surface area contributed by atoms with Crippen LogP contribution in [0.15, 0.2) is 42.5 Å². The molecule has 0 amide bonds. The third-order valence-corrected chi connectivity index (χ3v) is 7.68. The van der Waals surface area contributed by atoms with Gasteiger partial charge in [0.2, 0.25) is 0 Å². The normalized spacial score (nSPS) is 23.2. The molecule has 6 heteroatoms. The molecule has 2 aromatic rings. The van der Waals surface area contributed by atoms with E-state index >= 15 is 4.39 Å². The first kappa shape index (κ1) is 27.0. The smallest absolute Gasteiger partial charge is 0.324 e. The summed E-state index contributed by atoms with van der Waals surface area (Å²) in [4.78, 5) is 13.5. The number of hydrogen-bond acceptors (Lipinski definition) is 3. The van der Waals surface area contributed by atoms with Crippen molar-refractivity contribution < 1.29 is 13.9 Å². The van der Waals surface area contributed by atoms with Crippen molar-refractivity contribution in [3.05, 3.63) is 69.5 Å². The van der Waals surface area contributed by atoms with Gasteiger partial charge in [0.15, 0.2) is 0 Å². The molecule has 0 aromatic heterocycles. The fourth-order valence-corrected chi connectivity index (χ4v) is 5.38. The van der Waals surface area contributed by atoms with Crippen molar-refractivity contribution in [2.75, 3.05) is 0 Å². The minimum absolute atomic E-state index is 0.0422. The summed E-state index contributed by atoms with van der Waals surface area (Å²) < 4.78 is 21.2. The summed E-state index contributed by atoms with van der Waals surface area (Å²) in [5.74, 6) is -1.36. The van der Waals surface area contributed by atoms with E-state index in [1.165, 1.54) is 6.07 Å². The number of rotatable bonds is 7. The Hall–Kier alpha value is -1.62. The van der Waals surface area contributed by atoms with Gasteiger partial charge in [-0.05, 0) is 68.0 Å². The summed E-state index contributed by atoms with van der Waals surface area (Å²) in [5.41, 5.74) is 0.832. The SMILES string of the molecule is CCC(C)(CC)CC1NC(C(=O)OC(C)(C)C)C(c2cccc(Cl)c2)C1c1ccc(Cl)cc1F. The molecule has 1 saturated heterocycles. The molecule has 2 aromatic carbocycles. The summed E-state index contributed by atoms with van der Waals surface area (Å²) in [6.45, 7) is 12.2. The van der Waals surface area contributed by atoms with Crippen LogP contribution in [-0.2, 0) is 9.53 Å². The molecular formula is C28H36Cl2FNO2. The Balaban J connectivity index is 2.18. The van der Waals surface area contributed by atoms with Crippen LogP contribution in [0.25, 0.3) is 0 Å². The topological polar surface area (TPSA) is 38.3 Å². The number of carbonyl (C=O) groups excluding carboxylic acids is 1. The second-order valence-corrected chi connectivity index (χ2v) is 11.7. The van der Waals surface area contributed by atoms with E-state index in [0.29, 0.717) is 15.6 Å². The molecular weight excluding hydrogens is 472 g/mol. The van der Waals surface area contributed by atoms with Gasteiger partial charge in [0, 0.05) is 27.9 Å². The molecule has 0 radical (unpaired) electrons. The Labute approximate surface area is 213 Å². The number of benzene rings is 2. The molecule has 1 aliphatic heterocycles. The highest BCUT2D eigenvalue weighted by atomic mass is 35.5. The van der Waals surface area contributed by atoms with Crippen molar-refractivity contribution in [1.82, 2.24) is 5.32 Å². The molecule has 3 rings (SSSR count). The average molecular weight is 509 g/mol. The van der Waals surface area contributed by atoms with Gasteiger partial charge in [-0.15, -0.1) is 0 Å². The van der Waals surface area contributed by atoms with Crippen LogP contribution in [0.4, 0.5) is 4.39 Å². The zero-order valence-electron chi connectivity index (χ0n) is 20.9. The molecule has 1 fully saturated rings. The molecule has 3 nitrogen and oxygen atoms in total. The Bertz CT molecular complexity index is 1020. The van der Waals surface area contributed by atoms with Gasteiger partial charge in [-0.1, -0.05) is 75.0 Å². The minimum atomic E-state index is -0.641. The van der Waals surface area contributed by atoms with E-state index in [2.05, 4.69) is 26.1 Å². The Morgan fingerprint density at radius 2 is 1.65 bits per heavy atom. The van der Waals surface area contributed by atoms with Crippen molar-refractivity contribution >= 4 is 29.2 Å². The average Bonchev–Trinajstić information content (AvgIpc) is 3.11. The van der Waals surface area contributed by atoms with Gasteiger partial charge < -0.3 is 10.1 Å². The number of nitrogens with one attached hydrogen (secondary N) is 1. The highest BCUT2D eigenvalue weighted by molar-refractivity contribution is 6.30. The maximum Gasteiger partial charge on any atom is 0.324 e. The van der Waals surface area contributed by atoms with Gasteiger partial charge in [-0.3, -0.25) is 4.79 Å². The zero-order valence-corrected chi connectivity index (χ0v) is 22.4. The van der Waals surface area contributed by atoms with Gasteiger partial charge >= 0.3 is 5.97 Å². The third kappa shape index (κ3) is 6.13. The van der Waals surface area contributed by atoms with Crippen LogP contribution < -0.4 is 5.32 Å². The van der Waals surface area contributed by atoms with Crippen LogP contribution in [0.1, 0.15) is 83.8 Å². The predicted molar refractivity (Wildman–Crippen MR) is 138 cm³/mol. The number of carbonyl (C=O) groups is 1. The van der Waals surface area contributed by atoms with Crippen molar-refractivity contribution in [3.8, 4) is 0 Å². The first-order chi connectivity index (χ1) is 15.9. The van der Waals surface area contributed by atoms with Crippen molar-refractivity contribution in [2.24, 2.45) is 5.41 Å². The van der Waals surface area contributed by atoms with Crippen molar-refractivity contribution in [2.45, 2.75) is 90.3 Å². The van der Waals surface area contributed by atoms with Crippen molar-refractivity contribution in [1.29, 1.82) is 0 Å². The summed E-state index contributed by atoms with van der Waals surface area (Å²) >= 11 is 12.5. The fraction of sp³-hybridized carbons (Fsp3) is 0.536. The van der Waals surface area contributed by atoms with Crippen LogP contribution in [0.3, 0.4) is 0 Å². The summed E-state index contributed by atoms with van der Waals surface area (Å²) in [6.07, 6.45) is 2.76. The van der Waals surface area contributed by atoms with E-state index in [4.69, 9.17) is 27.9 Å². The van der Waals surface area contributed by atoms with Gasteiger partial charge in [0.1, 0.15) is 17.5 Å². The fourth-order valence-electron chi connectivity index (χ4n) is 5.03. The Morgan fingerprint density at radius 1 is 1.00 bits per heavy atom. The quantitative estimate of drug-likeness (QED) is 0.387. The summed E-state index contributed by atoms with van der Waals surface area (Å²) in [7, 11) is 0. The molecule has 34 heavy (non-hydrogen) atoms. The van der Waals surface area contributed by atoms with E-state index in [-0.39, 0.29) is 35.1 Å². The Morgan fingerprint density at radius 3 is 2.21 bits per heavy atom. The van der Waals surface area contributed by atoms with E-state index in [1.54, 1.807) is 18.2 Å². The lowest BCUT2D eigenvalue weighted by Crippen LogP contribution is -2.43. The van der Waals surface area contributed by atoms with E-state index in [0.717, 1.165) is 24.8 Å². The number of halogens is 3. The van der Waals surface area contributed by atoms with E-state index < -0.39 is 11.6 Å². The van der Waals surface area contributed by atoms with Crippen LogP contribution in [-0.4, -0.2) is 23.7 Å². The number of hydrogen-bond donors (Lipinski definition) is 1.